The van der Waals surface area contributed by atoms with Crippen molar-refractivity contribution in [2.24, 2.45) is 0 Å². The van der Waals surface area contributed by atoms with Crippen LogP contribution in [0.15, 0.2) is 83.1 Å². The van der Waals surface area contributed by atoms with Gasteiger partial charge in [0.2, 0.25) is 5.67 Å². The van der Waals surface area contributed by atoms with Gasteiger partial charge in [0.25, 0.3) is 0 Å². The van der Waals surface area contributed by atoms with Gasteiger partial charge in [0.05, 0.1) is 0 Å². The summed E-state index contributed by atoms with van der Waals surface area (Å²) in [5, 5.41) is 0. The van der Waals surface area contributed by atoms with Crippen LogP contribution >= 0.6 is 0 Å². The average Bonchev–Trinajstić information content (AvgIpc) is 2.61. The molecule has 0 aromatic carbocycles. The Hall–Kier alpha value is -2.10. The molecule has 0 saturated carbocycles. The maximum atomic E-state index is 13.9. The van der Waals surface area contributed by atoms with Crippen molar-refractivity contribution in [3.63, 3.8) is 0 Å². The third-order valence-corrected chi connectivity index (χ3v) is 5.18. The van der Waals surface area contributed by atoms with Gasteiger partial charge in [-0.25, -0.2) is 4.39 Å². The standard InChI is InChI=1S/C25H32F4/c1-7-8-9-22-14-12-21(13-15-23(20(22)5)11-10-18(2)3)19(4)16-17-24(6,26)25(27,28)29/h7-8,10-11,13-14H,2,4,9,12,15-17H2,1,3,5-6H3/b8-7-,11-10-,21-13+,22-14+,23-20-. The summed E-state index contributed by atoms with van der Waals surface area (Å²) in [5.41, 5.74) is 2.64. The van der Waals surface area contributed by atoms with Crippen molar-refractivity contribution >= 4 is 0 Å². The van der Waals surface area contributed by atoms with Gasteiger partial charge in [0.15, 0.2) is 0 Å². The van der Waals surface area contributed by atoms with E-state index in [1.165, 1.54) is 11.1 Å². The van der Waals surface area contributed by atoms with Crippen LogP contribution in [0.5, 0.6) is 0 Å². The molecule has 1 rings (SSSR count). The molecule has 0 fully saturated rings. The summed E-state index contributed by atoms with van der Waals surface area (Å²) in [7, 11) is 0. The lowest BCUT2D eigenvalue weighted by molar-refractivity contribution is -0.225. The Bertz CT molecular complexity index is 765. The summed E-state index contributed by atoms with van der Waals surface area (Å²) in [5.74, 6) is 0. The maximum absolute atomic E-state index is 13.9. The van der Waals surface area contributed by atoms with Gasteiger partial charge in [-0.2, -0.15) is 13.2 Å². The van der Waals surface area contributed by atoms with Crippen LogP contribution in [0.4, 0.5) is 17.6 Å². The molecule has 0 aromatic rings. The molecule has 1 atom stereocenters. The van der Waals surface area contributed by atoms with E-state index in [9.17, 15) is 17.6 Å². The Labute approximate surface area is 172 Å². The lowest BCUT2D eigenvalue weighted by atomic mass is 9.87. The van der Waals surface area contributed by atoms with Crippen molar-refractivity contribution in [3.05, 3.63) is 83.1 Å². The molecule has 0 radical (unpaired) electrons. The fourth-order valence-corrected chi connectivity index (χ4v) is 2.96. The summed E-state index contributed by atoms with van der Waals surface area (Å²) in [6.45, 7) is 14.4. The monoisotopic (exact) mass is 408 g/mol. The molecule has 1 aliphatic carbocycles. The predicted octanol–water partition coefficient (Wildman–Crippen LogP) is 8.67. The third-order valence-electron chi connectivity index (χ3n) is 5.18. The van der Waals surface area contributed by atoms with Gasteiger partial charge in [-0.05, 0) is 82.1 Å². The fourth-order valence-electron chi connectivity index (χ4n) is 2.96. The van der Waals surface area contributed by atoms with Gasteiger partial charge in [-0.15, -0.1) is 0 Å². The van der Waals surface area contributed by atoms with E-state index >= 15 is 0 Å². The zero-order chi connectivity index (χ0) is 22.2. The van der Waals surface area contributed by atoms with Crippen LogP contribution < -0.4 is 0 Å². The molecule has 1 unspecified atom stereocenters. The van der Waals surface area contributed by atoms with Crippen molar-refractivity contribution in [1.82, 2.24) is 0 Å². The molecule has 160 valence electrons. The van der Waals surface area contributed by atoms with Crippen molar-refractivity contribution < 1.29 is 17.6 Å². The van der Waals surface area contributed by atoms with E-state index < -0.39 is 18.3 Å². The second kappa shape index (κ2) is 10.6. The van der Waals surface area contributed by atoms with Gasteiger partial charge in [0.1, 0.15) is 0 Å². The molecule has 0 bridgehead atoms. The van der Waals surface area contributed by atoms with E-state index in [0.717, 1.165) is 23.1 Å². The molecule has 1 aliphatic rings. The Kier molecular flexibility index (Phi) is 9.13. The van der Waals surface area contributed by atoms with Crippen LogP contribution in [0.2, 0.25) is 0 Å². The van der Waals surface area contributed by atoms with E-state index in [0.29, 0.717) is 25.3 Å². The van der Waals surface area contributed by atoms with E-state index in [1.54, 1.807) is 0 Å². The number of rotatable bonds is 8. The molecule has 0 N–H and O–H groups in total. The van der Waals surface area contributed by atoms with Gasteiger partial charge in [0, 0.05) is 0 Å². The summed E-state index contributed by atoms with van der Waals surface area (Å²) < 4.78 is 52.3. The number of hydrogen-bond acceptors (Lipinski definition) is 0. The summed E-state index contributed by atoms with van der Waals surface area (Å²) in [6.07, 6.45) is 8.62. The SMILES string of the molecule is C=C(C)\C=C/C1=C(C)/C(C/C=C\C)=C/C/C(C(=C)CCC(C)(F)C(F)(F)F)=C\C1. The van der Waals surface area contributed by atoms with Crippen LogP contribution in [-0.4, -0.2) is 11.8 Å². The van der Waals surface area contributed by atoms with Crippen molar-refractivity contribution in [3.8, 4) is 0 Å². The normalized spacial score (nSPS) is 24.4. The lowest BCUT2D eigenvalue weighted by Gasteiger charge is -2.24. The van der Waals surface area contributed by atoms with E-state index in [1.807, 2.05) is 38.2 Å². The maximum Gasteiger partial charge on any atom is 0.422 e. The first-order chi connectivity index (χ1) is 13.4. The van der Waals surface area contributed by atoms with Crippen LogP contribution in [0, 0.1) is 0 Å². The molecule has 0 aliphatic heterocycles. The molecule has 0 amide bonds. The van der Waals surface area contributed by atoms with E-state index in [2.05, 4.69) is 32.2 Å². The Morgan fingerprint density at radius 1 is 1.14 bits per heavy atom. The molecule has 0 spiro atoms. The zero-order valence-electron chi connectivity index (χ0n) is 17.9. The molecule has 0 aromatic heterocycles. The van der Waals surface area contributed by atoms with Crippen molar-refractivity contribution in [1.29, 1.82) is 0 Å². The quantitative estimate of drug-likeness (QED) is 0.214. The third kappa shape index (κ3) is 7.68. The van der Waals surface area contributed by atoms with Crippen LogP contribution in [0.1, 0.15) is 59.8 Å². The molecule has 4 heteroatoms. The molecular formula is C25H32F4. The molecule has 29 heavy (non-hydrogen) atoms. The van der Waals surface area contributed by atoms with Crippen LogP contribution in [0.3, 0.4) is 0 Å². The van der Waals surface area contributed by atoms with E-state index in [-0.39, 0.29) is 6.42 Å². The first-order valence-corrected chi connectivity index (χ1v) is 9.85. The first kappa shape index (κ1) is 24.9. The zero-order valence-corrected chi connectivity index (χ0v) is 17.9. The largest absolute Gasteiger partial charge is 0.422 e. The number of allylic oxidation sites excluding steroid dienone is 12. The highest BCUT2D eigenvalue weighted by Crippen LogP contribution is 2.39. The summed E-state index contributed by atoms with van der Waals surface area (Å²) >= 11 is 0. The summed E-state index contributed by atoms with van der Waals surface area (Å²) in [6, 6.07) is 0. The Morgan fingerprint density at radius 2 is 1.79 bits per heavy atom. The minimum Gasteiger partial charge on any atom is -0.234 e. The Morgan fingerprint density at radius 3 is 2.34 bits per heavy atom. The molecule has 0 heterocycles. The van der Waals surface area contributed by atoms with Gasteiger partial charge >= 0.3 is 6.18 Å². The van der Waals surface area contributed by atoms with Crippen molar-refractivity contribution in [2.75, 3.05) is 0 Å². The van der Waals surface area contributed by atoms with Gasteiger partial charge in [-0.3, -0.25) is 0 Å². The molecular weight excluding hydrogens is 376 g/mol. The lowest BCUT2D eigenvalue weighted by Crippen LogP contribution is -2.37. The van der Waals surface area contributed by atoms with Gasteiger partial charge in [-0.1, -0.05) is 60.8 Å². The number of alkyl halides is 4. The highest BCUT2D eigenvalue weighted by atomic mass is 19.4. The first-order valence-electron chi connectivity index (χ1n) is 9.85. The Balaban J connectivity index is 3.11. The predicted molar refractivity (Wildman–Crippen MR) is 115 cm³/mol. The number of hydrogen-bond donors (Lipinski definition) is 0. The van der Waals surface area contributed by atoms with Gasteiger partial charge < -0.3 is 0 Å². The molecule has 0 saturated heterocycles. The summed E-state index contributed by atoms with van der Waals surface area (Å²) in [4.78, 5) is 0. The highest BCUT2D eigenvalue weighted by Gasteiger charge is 2.51. The molecule has 0 nitrogen and oxygen atoms in total. The fraction of sp³-hybridized carbons (Fsp3) is 0.440. The average molecular weight is 409 g/mol. The highest BCUT2D eigenvalue weighted by molar-refractivity contribution is 5.46. The topological polar surface area (TPSA) is 0 Å². The van der Waals surface area contributed by atoms with E-state index in [4.69, 9.17) is 0 Å². The smallest absolute Gasteiger partial charge is 0.234 e. The second-order valence-electron chi connectivity index (χ2n) is 7.77. The van der Waals surface area contributed by atoms with Crippen LogP contribution in [0.25, 0.3) is 0 Å². The minimum absolute atomic E-state index is 0.0317. The van der Waals surface area contributed by atoms with Crippen molar-refractivity contribution in [2.45, 2.75) is 71.6 Å². The number of halogens is 4. The van der Waals surface area contributed by atoms with Crippen LogP contribution in [-0.2, 0) is 0 Å². The minimum atomic E-state index is -4.87. The second-order valence-corrected chi connectivity index (χ2v) is 7.77.